The molecule has 0 spiro atoms. The van der Waals surface area contributed by atoms with Crippen molar-refractivity contribution in [1.29, 1.82) is 0 Å². The Balaban J connectivity index is 1.84. The summed E-state index contributed by atoms with van der Waals surface area (Å²) in [7, 11) is 0. The summed E-state index contributed by atoms with van der Waals surface area (Å²) in [5.41, 5.74) is 2.64. The van der Waals surface area contributed by atoms with Crippen LogP contribution in [0.4, 0.5) is 0 Å². The number of aliphatic hydroxyl groups is 1. The van der Waals surface area contributed by atoms with E-state index in [1.54, 1.807) is 6.92 Å². The number of piperazine rings is 1. The van der Waals surface area contributed by atoms with E-state index >= 15 is 0 Å². The van der Waals surface area contributed by atoms with E-state index in [1.807, 2.05) is 17.9 Å². The molecule has 3 heterocycles. The van der Waals surface area contributed by atoms with Gasteiger partial charge in [-0.15, -0.1) is 0 Å². The standard InChI is InChI=1S/C18H26N4O3/c1-4-5-15-16-14(10-12(2)19-17(16)25-20-15)18(24)22-8-6-21(7-9-22)11-13(3)23/h10,13,23H,4-9,11H2,1-3H3/t13-/m1/s1. The number of fused-ring (bicyclic) bond motifs is 1. The summed E-state index contributed by atoms with van der Waals surface area (Å²) in [6.45, 7) is 9.22. The third kappa shape index (κ3) is 3.82. The maximum atomic E-state index is 13.1. The van der Waals surface area contributed by atoms with Crippen molar-refractivity contribution in [3.63, 3.8) is 0 Å². The van der Waals surface area contributed by atoms with Crippen LogP contribution in [0.15, 0.2) is 10.6 Å². The van der Waals surface area contributed by atoms with Gasteiger partial charge < -0.3 is 14.5 Å². The minimum atomic E-state index is -0.349. The van der Waals surface area contributed by atoms with E-state index in [2.05, 4.69) is 22.0 Å². The highest BCUT2D eigenvalue weighted by molar-refractivity contribution is 6.06. The van der Waals surface area contributed by atoms with Crippen molar-refractivity contribution >= 4 is 17.0 Å². The normalized spacial score (nSPS) is 17.2. The molecule has 1 aliphatic heterocycles. The second-order valence-electron chi connectivity index (χ2n) is 6.81. The van der Waals surface area contributed by atoms with Gasteiger partial charge in [-0.1, -0.05) is 18.5 Å². The highest BCUT2D eigenvalue weighted by Gasteiger charge is 2.26. The van der Waals surface area contributed by atoms with Gasteiger partial charge in [-0.2, -0.15) is 0 Å². The molecule has 1 N–H and O–H groups in total. The molecule has 1 amide bonds. The quantitative estimate of drug-likeness (QED) is 0.886. The van der Waals surface area contributed by atoms with Crippen molar-refractivity contribution in [3.05, 3.63) is 23.0 Å². The lowest BCUT2D eigenvalue weighted by atomic mass is 10.1. The molecule has 136 valence electrons. The predicted molar refractivity (Wildman–Crippen MR) is 94.6 cm³/mol. The summed E-state index contributed by atoms with van der Waals surface area (Å²) < 4.78 is 5.35. The molecule has 3 rings (SSSR count). The fourth-order valence-electron chi connectivity index (χ4n) is 3.39. The number of carbonyl (C=O) groups is 1. The molecule has 1 fully saturated rings. The van der Waals surface area contributed by atoms with Gasteiger partial charge in [0.05, 0.1) is 22.7 Å². The van der Waals surface area contributed by atoms with Crippen LogP contribution in [0.2, 0.25) is 0 Å². The lowest BCUT2D eigenvalue weighted by Gasteiger charge is -2.35. The van der Waals surface area contributed by atoms with E-state index in [4.69, 9.17) is 4.52 Å². The van der Waals surface area contributed by atoms with Gasteiger partial charge in [0.1, 0.15) is 0 Å². The molecule has 7 nitrogen and oxygen atoms in total. The number of carbonyl (C=O) groups excluding carboxylic acids is 1. The minimum Gasteiger partial charge on any atom is -0.392 e. The molecular weight excluding hydrogens is 320 g/mol. The molecule has 0 unspecified atom stereocenters. The zero-order valence-electron chi connectivity index (χ0n) is 15.2. The molecule has 7 heteroatoms. The van der Waals surface area contributed by atoms with Crippen molar-refractivity contribution in [2.45, 2.75) is 39.7 Å². The Morgan fingerprint density at radius 2 is 2.08 bits per heavy atom. The Kier molecular flexibility index (Phi) is 5.34. The molecule has 0 radical (unpaired) electrons. The second-order valence-corrected chi connectivity index (χ2v) is 6.81. The molecule has 0 aromatic carbocycles. The van der Waals surface area contributed by atoms with Crippen LogP contribution in [-0.4, -0.2) is 69.8 Å². The van der Waals surface area contributed by atoms with E-state index in [0.29, 0.717) is 30.9 Å². The maximum Gasteiger partial charge on any atom is 0.258 e. The largest absolute Gasteiger partial charge is 0.392 e. The van der Waals surface area contributed by atoms with E-state index in [9.17, 15) is 9.90 Å². The minimum absolute atomic E-state index is 0.00718. The summed E-state index contributed by atoms with van der Waals surface area (Å²) in [4.78, 5) is 21.5. The maximum absolute atomic E-state index is 13.1. The van der Waals surface area contributed by atoms with Crippen molar-refractivity contribution in [2.75, 3.05) is 32.7 Å². The Morgan fingerprint density at radius 1 is 1.36 bits per heavy atom. The first-order chi connectivity index (χ1) is 12.0. The number of β-amino-alcohol motifs (C(OH)–C–C–N with tert-alkyl or cyclic N) is 1. The molecule has 2 aromatic heterocycles. The highest BCUT2D eigenvalue weighted by Crippen LogP contribution is 2.25. The zero-order valence-corrected chi connectivity index (χ0v) is 15.2. The molecule has 1 saturated heterocycles. The number of rotatable bonds is 5. The summed E-state index contributed by atoms with van der Waals surface area (Å²) in [5, 5.41) is 14.4. The van der Waals surface area contributed by atoms with Crippen LogP contribution < -0.4 is 0 Å². The lowest BCUT2D eigenvalue weighted by Crippen LogP contribution is -2.50. The van der Waals surface area contributed by atoms with E-state index < -0.39 is 0 Å². The second kappa shape index (κ2) is 7.49. The summed E-state index contributed by atoms with van der Waals surface area (Å²) in [6, 6.07) is 1.84. The fourth-order valence-corrected chi connectivity index (χ4v) is 3.39. The first-order valence-corrected chi connectivity index (χ1v) is 8.95. The van der Waals surface area contributed by atoms with Gasteiger partial charge in [0, 0.05) is 38.4 Å². The van der Waals surface area contributed by atoms with Gasteiger partial charge in [-0.05, 0) is 26.3 Å². The topological polar surface area (TPSA) is 82.7 Å². The summed E-state index contributed by atoms with van der Waals surface area (Å²) >= 11 is 0. The molecule has 1 aliphatic rings. The first-order valence-electron chi connectivity index (χ1n) is 8.95. The molecule has 25 heavy (non-hydrogen) atoms. The highest BCUT2D eigenvalue weighted by atomic mass is 16.5. The van der Waals surface area contributed by atoms with Crippen LogP contribution in [0.25, 0.3) is 11.1 Å². The molecule has 0 saturated carbocycles. The van der Waals surface area contributed by atoms with E-state index in [-0.39, 0.29) is 12.0 Å². The average Bonchev–Trinajstić information content (AvgIpc) is 2.97. The van der Waals surface area contributed by atoms with Crippen LogP contribution in [0, 0.1) is 6.92 Å². The van der Waals surface area contributed by atoms with Crippen LogP contribution in [0.1, 0.15) is 42.0 Å². The van der Waals surface area contributed by atoms with Crippen molar-refractivity contribution in [1.82, 2.24) is 19.9 Å². The predicted octanol–water partition coefficient (Wildman–Crippen LogP) is 1.62. The number of pyridine rings is 1. The fraction of sp³-hybridized carbons (Fsp3) is 0.611. The van der Waals surface area contributed by atoms with Crippen molar-refractivity contribution in [3.8, 4) is 0 Å². The van der Waals surface area contributed by atoms with Crippen LogP contribution in [0.5, 0.6) is 0 Å². The SMILES string of the molecule is CCCc1noc2nc(C)cc(C(=O)N3CCN(C[C@@H](C)O)CC3)c12. The molecule has 2 aromatic rings. The van der Waals surface area contributed by atoms with Gasteiger partial charge in [0.25, 0.3) is 11.6 Å². The van der Waals surface area contributed by atoms with Crippen molar-refractivity contribution in [2.24, 2.45) is 0 Å². The van der Waals surface area contributed by atoms with Crippen LogP contribution in [-0.2, 0) is 6.42 Å². The smallest absolute Gasteiger partial charge is 0.258 e. The number of aromatic nitrogens is 2. The number of hydrogen-bond donors (Lipinski definition) is 1. The van der Waals surface area contributed by atoms with E-state index in [1.165, 1.54) is 0 Å². The van der Waals surface area contributed by atoms with Gasteiger partial charge in [0.15, 0.2) is 0 Å². The summed E-state index contributed by atoms with van der Waals surface area (Å²) in [5.74, 6) is 0.00718. The van der Waals surface area contributed by atoms with Gasteiger partial charge >= 0.3 is 0 Å². The van der Waals surface area contributed by atoms with Crippen LogP contribution >= 0.6 is 0 Å². The third-order valence-electron chi connectivity index (χ3n) is 4.54. The lowest BCUT2D eigenvalue weighted by molar-refractivity contribution is 0.0555. The Labute approximate surface area is 147 Å². The monoisotopic (exact) mass is 346 g/mol. The zero-order chi connectivity index (χ0) is 18.0. The van der Waals surface area contributed by atoms with E-state index in [0.717, 1.165) is 42.7 Å². The third-order valence-corrected chi connectivity index (χ3v) is 4.54. The Morgan fingerprint density at radius 3 is 2.72 bits per heavy atom. The number of aryl methyl sites for hydroxylation is 2. The Hall–Kier alpha value is -1.99. The first kappa shape index (κ1) is 17.8. The molecule has 0 aliphatic carbocycles. The Bertz CT molecular complexity index is 748. The number of nitrogens with zero attached hydrogens (tertiary/aromatic N) is 4. The number of hydrogen-bond acceptors (Lipinski definition) is 6. The van der Waals surface area contributed by atoms with Gasteiger partial charge in [-0.3, -0.25) is 9.69 Å². The molecule has 0 bridgehead atoms. The van der Waals surface area contributed by atoms with Gasteiger partial charge in [-0.25, -0.2) is 4.98 Å². The average molecular weight is 346 g/mol. The van der Waals surface area contributed by atoms with Crippen molar-refractivity contribution < 1.29 is 14.4 Å². The number of aliphatic hydroxyl groups excluding tert-OH is 1. The number of amides is 1. The molecular formula is C18H26N4O3. The molecule has 1 atom stereocenters. The van der Waals surface area contributed by atoms with Crippen LogP contribution in [0.3, 0.4) is 0 Å². The van der Waals surface area contributed by atoms with Gasteiger partial charge in [0.2, 0.25) is 0 Å². The summed E-state index contributed by atoms with van der Waals surface area (Å²) in [6.07, 6.45) is 1.35.